The normalized spacial score (nSPS) is 19.4. The van der Waals surface area contributed by atoms with E-state index in [1.54, 1.807) is 4.57 Å². The second-order valence-corrected chi connectivity index (χ2v) is 7.02. The number of carbonyl (C=O) groups excluding carboxylic acids is 1. The van der Waals surface area contributed by atoms with Gasteiger partial charge in [-0.25, -0.2) is 23.1 Å². The van der Waals surface area contributed by atoms with E-state index in [1.165, 1.54) is 6.20 Å². The van der Waals surface area contributed by atoms with Gasteiger partial charge in [0.2, 0.25) is 17.8 Å². The molecule has 1 aromatic carbocycles. The van der Waals surface area contributed by atoms with E-state index in [4.69, 9.17) is 11.5 Å². The number of nitrogens with one attached hydrogen (secondary N) is 1. The van der Waals surface area contributed by atoms with Crippen LogP contribution in [0.1, 0.15) is 31.7 Å². The first kappa shape index (κ1) is 19.0. The summed E-state index contributed by atoms with van der Waals surface area (Å²) in [4.78, 5) is 23.9. The van der Waals surface area contributed by atoms with Crippen molar-refractivity contribution in [3.05, 3.63) is 35.8 Å². The number of imidazole rings is 1. The highest BCUT2D eigenvalue weighted by atomic mass is 19.1. The monoisotopic (exact) mass is 405 g/mol. The Balaban J connectivity index is 1.77. The summed E-state index contributed by atoms with van der Waals surface area (Å²) in [5.74, 6) is -3.64. The van der Waals surface area contributed by atoms with Crippen LogP contribution in [-0.4, -0.2) is 25.4 Å². The summed E-state index contributed by atoms with van der Waals surface area (Å²) >= 11 is 0. The molecule has 5 N–H and O–H groups in total. The molecule has 0 unspecified atom stereocenters. The molecular formula is C18H18F3N7O. The number of aromatic nitrogens is 4. The first-order valence-corrected chi connectivity index (χ1v) is 9.05. The highest BCUT2D eigenvalue weighted by Gasteiger charge is 2.29. The highest BCUT2D eigenvalue weighted by molar-refractivity contribution is 5.77. The van der Waals surface area contributed by atoms with Crippen LogP contribution in [0.2, 0.25) is 0 Å². The maximum Gasteiger partial charge on any atom is 0.222 e. The third kappa shape index (κ3) is 3.55. The van der Waals surface area contributed by atoms with Gasteiger partial charge in [-0.1, -0.05) is 0 Å². The second-order valence-electron chi connectivity index (χ2n) is 7.02. The Kier molecular flexibility index (Phi) is 4.73. The second kappa shape index (κ2) is 7.22. The molecule has 0 radical (unpaired) electrons. The van der Waals surface area contributed by atoms with Gasteiger partial charge >= 0.3 is 0 Å². The fourth-order valence-corrected chi connectivity index (χ4v) is 3.73. The topological polar surface area (TPSA) is 125 Å². The van der Waals surface area contributed by atoms with Crippen LogP contribution in [0.15, 0.2) is 18.3 Å². The molecule has 1 amide bonds. The van der Waals surface area contributed by atoms with Crippen molar-refractivity contribution in [1.29, 1.82) is 0 Å². The number of nitrogen functional groups attached to an aromatic ring is 1. The third-order valence-corrected chi connectivity index (χ3v) is 5.16. The van der Waals surface area contributed by atoms with Crippen LogP contribution in [0.5, 0.6) is 0 Å². The molecule has 4 rings (SSSR count). The number of rotatable bonds is 4. The Morgan fingerprint density at radius 3 is 2.38 bits per heavy atom. The lowest BCUT2D eigenvalue weighted by Gasteiger charge is -2.29. The highest BCUT2D eigenvalue weighted by Crippen LogP contribution is 2.37. The van der Waals surface area contributed by atoms with Crippen LogP contribution >= 0.6 is 0 Å². The van der Waals surface area contributed by atoms with E-state index in [1.807, 2.05) is 0 Å². The van der Waals surface area contributed by atoms with Crippen molar-refractivity contribution in [2.75, 3.05) is 11.1 Å². The zero-order valence-corrected chi connectivity index (χ0v) is 15.2. The van der Waals surface area contributed by atoms with Gasteiger partial charge in [0.05, 0.1) is 6.20 Å². The van der Waals surface area contributed by atoms with Gasteiger partial charge in [-0.3, -0.25) is 9.36 Å². The molecule has 2 heterocycles. The smallest absolute Gasteiger partial charge is 0.222 e. The van der Waals surface area contributed by atoms with Gasteiger partial charge in [0.15, 0.2) is 17.3 Å². The van der Waals surface area contributed by atoms with Gasteiger partial charge in [-0.15, -0.1) is 0 Å². The molecule has 0 spiro atoms. The molecule has 0 saturated heterocycles. The molecular weight excluding hydrogens is 387 g/mol. The molecule has 1 saturated carbocycles. The molecule has 11 heteroatoms. The van der Waals surface area contributed by atoms with E-state index < -0.39 is 23.1 Å². The number of nitrogens with zero attached hydrogens (tertiary/aromatic N) is 4. The zero-order valence-electron chi connectivity index (χ0n) is 15.2. The molecule has 1 aliphatic rings. The van der Waals surface area contributed by atoms with E-state index in [0.29, 0.717) is 49.0 Å². The Labute approximate surface area is 163 Å². The quantitative estimate of drug-likeness (QED) is 0.613. The SMILES string of the molecule is NC(=O)C1CCC(n2c(Nc3c(F)cc(F)cc3F)nc3cnc(N)nc32)CC1. The largest absolute Gasteiger partial charge is 0.369 e. The zero-order chi connectivity index (χ0) is 20.7. The van der Waals surface area contributed by atoms with Crippen LogP contribution in [-0.2, 0) is 4.79 Å². The molecule has 2 aromatic heterocycles. The number of benzene rings is 1. The van der Waals surface area contributed by atoms with Crippen molar-refractivity contribution in [1.82, 2.24) is 19.5 Å². The predicted octanol–water partition coefficient (Wildman–Crippen LogP) is 2.79. The van der Waals surface area contributed by atoms with Crippen molar-refractivity contribution < 1.29 is 18.0 Å². The number of primary amides is 1. The third-order valence-electron chi connectivity index (χ3n) is 5.16. The fraction of sp³-hybridized carbons (Fsp3) is 0.333. The van der Waals surface area contributed by atoms with Crippen LogP contribution in [0.4, 0.5) is 30.8 Å². The van der Waals surface area contributed by atoms with Gasteiger partial charge in [0.1, 0.15) is 17.0 Å². The molecule has 3 aromatic rings. The number of carbonyl (C=O) groups is 1. The number of hydrogen-bond acceptors (Lipinski definition) is 6. The number of halogens is 3. The maximum atomic E-state index is 14.2. The Morgan fingerprint density at radius 1 is 1.10 bits per heavy atom. The van der Waals surface area contributed by atoms with Crippen molar-refractivity contribution in [2.24, 2.45) is 11.7 Å². The fourth-order valence-electron chi connectivity index (χ4n) is 3.73. The van der Waals surface area contributed by atoms with Crippen LogP contribution in [0.3, 0.4) is 0 Å². The minimum atomic E-state index is -1.09. The number of amides is 1. The van der Waals surface area contributed by atoms with Crippen molar-refractivity contribution >= 4 is 34.7 Å². The van der Waals surface area contributed by atoms with E-state index in [2.05, 4.69) is 20.3 Å². The first-order valence-electron chi connectivity index (χ1n) is 9.05. The number of anilines is 3. The summed E-state index contributed by atoms with van der Waals surface area (Å²) < 4.78 is 43.2. The van der Waals surface area contributed by atoms with Crippen molar-refractivity contribution in [2.45, 2.75) is 31.7 Å². The molecule has 29 heavy (non-hydrogen) atoms. The van der Waals surface area contributed by atoms with Crippen LogP contribution < -0.4 is 16.8 Å². The number of nitrogens with two attached hydrogens (primary N) is 2. The van der Waals surface area contributed by atoms with Gasteiger partial charge in [-0.05, 0) is 25.7 Å². The van der Waals surface area contributed by atoms with Gasteiger partial charge in [0, 0.05) is 24.1 Å². The first-order chi connectivity index (χ1) is 13.8. The molecule has 0 aliphatic heterocycles. The molecule has 1 fully saturated rings. The van der Waals surface area contributed by atoms with E-state index in [9.17, 15) is 18.0 Å². The van der Waals surface area contributed by atoms with Gasteiger partial charge in [-0.2, -0.15) is 4.98 Å². The molecule has 8 nitrogen and oxygen atoms in total. The lowest BCUT2D eigenvalue weighted by molar-refractivity contribution is -0.122. The summed E-state index contributed by atoms with van der Waals surface area (Å²) in [6.45, 7) is 0. The van der Waals surface area contributed by atoms with Crippen molar-refractivity contribution in [3.8, 4) is 0 Å². The average molecular weight is 405 g/mol. The van der Waals surface area contributed by atoms with E-state index in [-0.39, 0.29) is 29.8 Å². The summed E-state index contributed by atoms with van der Waals surface area (Å²) in [6.07, 6.45) is 3.72. The average Bonchev–Trinajstić information content (AvgIpc) is 3.01. The molecule has 0 bridgehead atoms. The predicted molar refractivity (Wildman–Crippen MR) is 99.5 cm³/mol. The maximum absolute atomic E-state index is 14.2. The summed E-state index contributed by atoms with van der Waals surface area (Å²) in [7, 11) is 0. The Morgan fingerprint density at radius 2 is 1.76 bits per heavy atom. The van der Waals surface area contributed by atoms with Crippen LogP contribution in [0.25, 0.3) is 11.2 Å². The van der Waals surface area contributed by atoms with Crippen LogP contribution in [0, 0.1) is 23.4 Å². The summed E-state index contributed by atoms with van der Waals surface area (Å²) in [6, 6.07) is 1.00. The van der Waals surface area contributed by atoms with E-state index >= 15 is 0 Å². The number of fused-ring (bicyclic) bond motifs is 1. The minimum Gasteiger partial charge on any atom is -0.369 e. The van der Waals surface area contributed by atoms with E-state index in [0.717, 1.165) is 0 Å². The summed E-state index contributed by atoms with van der Waals surface area (Å²) in [5, 5.41) is 2.61. The van der Waals surface area contributed by atoms with Gasteiger partial charge < -0.3 is 16.8 Å². The molecule has 1 aliphatic carbocycles. The summed E-state index contributed by atoms with van der Waals surface area (Å²) in [5.41, 5.74) is 11.3. The van der Waals surface area contributed by atoms with Crippen molar-refractivity contribution in [3.63, 3.8) is 0 Å². The lowest BCUT2D eigenvalue weighted by atomic mass is 9.85. The Hall–Kier alpha value is -3.37. The standard InChI is InChI=1S/C18H18F3N7O/c19-9-5-11(20)14(12(21)6-9)26-18-25-13-7-24-17(23)27-16(13)28(18)10-3-1-8(2-4-10)15(22)29/h5-8,10H,1-4H2,(H2,22,29)(H,25,26)(H2,23,24,27). The Bertz CT molecular complexity index is 1070. The van der Waals surface area contributed by atoms with Gasteiger partial charge in [0.25, 0.3) is 0 Å². The molecule has 152 valence electrons. The minimum absolute atomic E-state index is 0.0233. The lowest BCUT2D eigenvalue weighted by Crippen LogP contribution is -2.28. The number of hydrogen-bond donors (Lipinski definition) is 3. The molecule has 0 atom stereocenters.